The molecular weight excluding hydrogens is 324 g/mol. The summed E-state index contributed by atoms with van der Waals surface area (Å²) in [5.41, 5.74) is 2.79. The van der Waals surface area contributed by atoms with Gasteiger partial charge in [-0.2, -0.15) is 11.8 Å². The second-order valence-corrected chi connectivity index (χ2v) is 8.80. The molecule has 2 N–H and O–H groups in total. The first-order valence-electron chi connectivity index (χ1n) is 9.58. The van der Waals surface area contributed by atoms with E-state index in [0.717, 1.165) is 23.6 Å². The highest BCUT2D eigenvalue weighted by atomic mass is 32.2. The van der Waals surface area contributed by atoms with Gasteiger partial charge in [-0.05, 0) is 36.8 Å². The smallest absolute Gasteiger partial charge is 0.0208 e. The van der Waals surface area contributed by atoms with E-state index < -0.39 is 0 Å². The molecular formula is C22H28N2S. The minimum Gasteiger partial charge on any atom is -0.309 e. The van der Waals surface area contributed by atoms with Crippen molar-refractivity contribution in [1.82, 2.24) is 10.6 Å². The lowest BCUT2D eigenvalue weighted by Gasteiger charge is -2.44. The van der Waals surface area contributed by atoms with Crippen molar-refractivity contribution < 1.29 is 0 Å². The van der Waals surface area contributed by atoms with E-state index in [-0.39, 0.29) is 0 Å². The van der Waals surface area contributed by atoms with Gasteiger partial charge in [0.1, 0.15) is 0 Å². The molecule has 132 valence electrons. The average molecular weight is 353 g/mol. The Morgan fingerprint density at radius 3 is 1.52 bits per heavy atom. The van der Waals surface area contributed by atoms with E-state index in [4.69, 9.17) is 0 Å². The van der Waals surface area contributed by atoms with E-state index in [1.807, 2.05) is 0 Å². The van der Waals surface area contributed by atoms with Gasteiger partial charge in [-0.25, -0.2) is 0 Å². The molecule has 3 heteroatoms. The third-order valence-corrected chi connectivity index (χ3v) is 7.42. The third kappa shape index (κ3) is 4.46. The van der Waals surface area contributed by atoms with Crippen molar-refractivity contribution in [3.8, 4) is 0 Å². The van der Waals surface area contributed by atoms with Gasteiger partial charge in [0.2, 0.25) is 0 Å². The fraction of sp³-hybridized carbons (Fsp3) is 0.455. The molecule has 2 heterocycles. The predicted molar refractivity (Wildman–Crippen MR) is 108 cm³/mol. The van der Waals surface area contributed by atoms with E-state index in [0.29, 0.717) is 12.1 Å². The van der Waals surface area contributed by atoms with E-state index in [2.05, 4.69) is 83.1 Å². The number of thioether (sulfide) groups is 1. The SMILES string of the molecule is c1ccc(CN[C@H]2CC[C@H]3S[C@H]2CC[C@H]3NCc2ccccc2)cc1. The monoisotopic (exact) mass is 352 g/mol. The van der Waals surface area contributed by atoms with Crippen molar-refractivity contribution >= 4 is 11.8 Å². The van der Waals surface area contributed by atoms with Crippen molar-refractivity contribution in [2.45, 2.75) is 61.4 Å². The molecule has 0 amide bonds. The minimum absolute atomic E-state index is 0.677. The van der Waals surface area contributed by atoms with Crippen LogP contribution >= 0.6 is 11.8 Å². The highest BCUT2D eigenvalue weighted by Gasteiger charge is 2.38. The first kappa shape index (κ1) is 17.1. The van der Waals surface area contributed by atoms with Crippen LogP contribution in [0.25, 0.3) is 0 Å². The van der Waals surface area contributed by atoms with Gasteiger partial charge in [0.15, 0.2) is 0 Å². The summed E-state index contributed by atoms with van der Waals surface area (Å²) in [6.45, 7) is 2.01. The predicted octanol–water partition coefficient (Wildman–Crippen LogP) is 4.36. The fourth-order valence-electron chi connectivity index (χ4n) is 4.17. The standard InChI is InChI=1S/C22H28N2S/c1-3-7-17(8-4-1)15-23-19-11-13-22-20(12-14-21(19)25-22)24-16-18-9-5-2-6-10-18/h1-10,19-24H,11-16H2/t19-,20+,21-,22+. The molecule has 0 aliphatic carbocycles. The Balaban J connectivity index is 1.26. The summed E-state index contributed by atoms with van der Waals surface area (Å²) in [4.78, 5) is 0. The fourth-order valence-corrected chi connectivity index (χ4v) is 6.01. The molecule has 0 radical (unpaired) electrons. The van der Waals surface area contributed by atoms with Gasteiger partial charge < -0.3 is 10.6 Å². The second kappa shape index (κ2) is 8.39. The zero-order valence-electron chi connectivity index (χ0n) is 14.7. The van der Waals surface area contributed by atoms with Gasteiger partial charge in [0.05, 0.1) is 0 Å². The van der Waals surface area contributed by atoms with Gasteiger partial charge >= 0.3 is 0 Å². The first-order chi connectivity index (χ1) is 12.4. The molecule has 2 aliphatic rings. The maximum atomic E-state index is 3.82. The average Bonchev–Trinajstić information content (AvgIpc) is 2.68. The van der Waals surface area contributed by atoms with Crippen molar-refractivity contribution in [3.63, 3.8) is 0 Å². The Kier molecular flexibility index (Phi) is 5.75. The van der Waals surface area contributed by atoms with Crippen molar-refractivity contribution in [1.29, 1.82) is 0 Å². The molecule has 0 aromatic heterocycles. The van der Waals surface area contributed by atoms with Crippen molar-refractivity contribution in [2.24, 2.45) is 0 Å². The van der Waals surface area contributed by atoms with Crippen LogP contribution in [0.2, 0.25) is 0 Å². The highest BCUT2D eigenvalue weighted by Crippen LogP contribution is 2.41. The molecule has 0 saturated carbocycles. The van der Waals surface area contributed by atoms with Gasteiger partial charge in [0.25, 0.3) is 0 Å². The summed E-state index contributed by atoms with van der Waals surface area (Å²) in [6.07, 6.45) is 5.30. The number of rotatable bonds is 6. The summed E-state index contributed by atoms with van der Waals surface area (Å²) in [7, 11) is 0. The number of fused-ring (bicyclic) bond motifs is 2. The Bertz CT molecular complexity index is 588. The van der Waals surface area contributed by atoms with E-state index in [9.17, 15) is 0 Å². The van der Waals surface area contributed by atoms with Gasteiger partial charge in [0, 0.05) is 35.7 Å². The molecule has 2 bridgehead atoms. The summed E-state index contributed by atoms with van der Waals surface area (Å²) in [6, 6.07) is 22.9. The van der Waals surface area contributed by atoms with Crippen LogP contribution < -0.4 is 10.6 Å². The molecule has 4 atom stereocenters. The summed E-state index contributed by atoms with van der Waals surface area (Å²) in [5.74, 6) is 0. The Labute approximate surface area is 155 Å². The largest absolute Gasteiger partial charge is 0.309 e. The van der Waals surface area contributed by atoms with Crippen molar-refractivity contribution in [3.05, 3.63) is 71.8 Å². The molecule has 2 aromatic rings. The van der Waals surface area contributed by atoms with Crippen LogP contribution in [-0.2, 0) is 13.1 Å². The molecule has 2 fully saturated rings. The van der Waals surface area contributed by atoms with Crippen molar-refractivity contribution in [2.75, 3.05) is 0 Å². The normalized spacial score (nSPS) is 28.6. The molecule has 25 heavy (non-hydrogen) atoms. The van der Waals surface area contributed by atoms with Crippen LogP contribution in [0.1, 0.15) is 36.8 Å². The van der Waals surface area contributed by atoms with Gasteiger partial charge in [-0.15, -0.1) is 0 Å². The zero-order chi connectivity index (χ0) is 16.9. The Morgan fingerprint density at radius 2 is 1.08 bits per heavy atom. The molecule has 2 saturated heterocycles. The lowest BCUT2D eigenvalue weighted by atomic mass is 9.91. The van der Waals surface area contributed by atoms with E-state index in [1.165, 1.54) is 36.8 Å². The molecule has 0 spiro atoms. The lowest BCUT2D eigenvalue weighted by molar-refractivity contribution is 0.330. The topological polar surface area (TPSA) is 24.1 Å². The maximum absolute atomic E-state index is 3.82. The van der Waals surface area contributed by atoms with E-state index >= 15 is 0 Å². The Morgan fingerprint density at radius 1 is 0.640 bits per heavy atom. The maximum Gasteiger partial charge on any atom is 0.0208 e. The van der Waals surface area contributed by atoms with Gasteiger partial charge in [-0.1, -0.05) is 60.7 Å². The van der Waals surface area contributed by atoms with Crippen LogP contribution in [0.4, 0.5) is 0 Å². The van der Waals surface area contributed by atoms with Crippen LogP contribution in [0.15, 0.2) is 60.7 Å². The third-order valence-electron chi connectivity index (χ3n) is 5.59. The quantitative estimate of drug-likeness (QED) is 0.808. The first-order valence-corrected chi connectivity index (χ1v) is 10.5. The summed E-state index contributed by atoms with van der Waals surface area (Å²) >= 11 is 2.23. The number of hydrogen-bond acceptors (Lipinski definition) is 3. The number of nitrogens with one attached hydrogen (secondary N) is 2. The molecule has 2 aromatic carbocycles. The zero-order valence-corrected chi connectivity index (χ0v) is 15.6. The second-order valence-electron chi connectivity index (χ2n) is 7.31. The highest BCUT2D eigenvalue weighted by molar-refractivity contribution is 8.00. The molecule has 4 rings (SSSR count). The lowest BCUT2D eigenvalue weighted by Crippen LogP contribution is -2.51. The molecule has 0 unspecified atom stereocenters. The minimum atomic E-state index is 0.677. The molecule has 2 nitrogen and oxygen atoms in total. The molecule has 2 aliphatic heterocycles. The van der Waals surface area contributed by atoms with Crippen LogP contribution in [0, 0.1) is 0 Å². The number of benzene rings is 2. The van der Waals surface area contributed by atoms with Crippen LogP contribution in [-0.4, -0.2) is 22.6 Å². The Hall–Kier alpha value is -1.29. The van der Waals surface area contributed by atoms with Gasteiger partial charge in [-0.3, -0.25) is 0 Å². The van der Waals surface area contributed by atoms with Crippen LogP contribution in [0.5, 0.6) is 0 Å². The number of hydrogen-bond donors (Lipinski definition) is 2. The van der Waals surface area contributed by atoms with E-state index in [1.54, 1.807) is 0 Å². The summed E-state index contributed by atoms with van der Waals surface area (Å²) < 4.78 is 0. The van der Waals surface area contributed by atoms with Crippen LogP contribution in [0.3, 0.4) is 0 Å². The summed E-state index contributed by atoms with van der Waals surface area (Å²) in [5, 5.41) is 9.23.